The van der Waals surface area contributed by atoms with Gasteiger partial charge in [0, 0.05) is 36.6 Å². The number of rotatable bonds is 5. The van der Waals surface area contributed by atoms with E-state index in [1.54, 1.807) is 12.3 Å². The van der Waals surface area contributed by atoms with E-state index in [0.29, 0.717) is 12.1 Å². The summed E-state index contributed by atoms with van der Waals surface area (Å²) in [6, 6.07) is 10.1. The first kappa shape index (κ1) is 14.0. The molecule has 1 aromatic carbocycles. The third-order valence-corrected chi connectivity index (χ3v) is 2.98. The lowest BCUT2D eigenvalue weighted by Gasteiger charge is -2.21. The highest BCUT2D eigenvalue weighted by Crippen LogP contribution is 2.25. The van der Waals surface area contributed by atoms with Gasteiger partial charge in [0.1, 0.15) is 0 Å². The first-order valence-electron chi connectivity index (χ1n) is 6.11. The van der Waals surface area contributed by atoms with Gasteiger partial charge in [0.2, 0.25) is 0 Å². The molecule has 0 saturated carbocycles. The van der Waals surface area contributed by atoms with Crippen LogP contribution in [0.3, 0.4) is 0 Å². The minimum atomic E-state index is -0.471. The zero-order valence-corrected chi connectivity index (χ0v) is 11.1. The van der Waals surface area contributed by atoms with Gasteiger partial charge in [-0.25, -0.2) is 0 Å². The van der Waals surface area contributed by atoms with Crippen LogP contribution in [0.2, 0.25) is 0 Å². The molecule has 0 fully saturated rings. The molecule has 1 heterocycles. The maximum absolute atomic E-state index is 10.7. The average molecular weight is 273 g/mol. The Hall–Kier alpha value is -2.47. The standard InChI is InChI=1S/C14H15N3O3/c1-16(9-12-4-2-3-7-15-12)14-6-5-13(17(19)20)8-11(14)10-18/h2-8,18H,9-10H2,1H3. The predicted molar refractivity (Wildman–Crippen MR) is 75.4 cm³/mol. The molecule has 6 heteroatoms. The topological polar surface area (TPSA) is 79.5 Å². The number of aliphatic hydroxyl groups excluding tert-OH is 1. The Morgan fingerprint density at radius 2 is 2.15 bits per heavy atom. The molecule has 20 heavy (non-hydrogen) atoms. The van der Waals surface area contributed by atoms with E-state index in [1.165, 1.54) is 12.1 Å². The van der Waals surface area contributed by atoms with Gasteiger partial charge in [0.25, 0.3) is 5.69 Å². The first-order valence-corrected chi connectivity index (χ1v) is 6.11. The molecule has 104 valence electrons. The fourth-order valence-electron chi connectivity index (χ4n) is 2.00. The van der Waals surface area contributed by atoms with Crippen LogP contribution in [0.15, 0.2) is 42.6 Å². The number of aromatic nitrogens is 1. The van der Waals surface area contributed by atoms with Crippen molar-refractivity contribution in [3.63, 3.8) is 0 Å². The highest BCUT2D eigenvalue weighted by atomic mass is 16.6. The van der Waals surface area contributed by atoms with E-state index in [2.05, 4.69) is 4.98 Å². The Balaban J connectivity index is 2.25. The van der Waals surface area contributed by atoms with Crippen molar-refractivity contribution in [3.05, 3.63) is 64.0 Å². The quantitative estimate of drug-likeness (QED) is 0.666. The number of hydrogen-bond acceptors (Lipinski definition) is 5. The summed E-state index contributed by atoms with van der Waals surface area (Å²) in [5.74, 6) is 0. The Kier molecular flexibility index (Phi) is 4.27. The Labute approximate surface area is 116 Å². The van der Waals surface area contributed by atoms with Crippen LogP contribution in [0.4, 0.5) is 11.4 Å². The zero-order chi connectivity index (χ0) is 14.5. The van der Waals surface area contributed by atoms with E-state index in [1.807, 2.05) is 30.1 Å². The molecule has 1 N–H and O–H groups in total. The van der Waals surface area contributed by atoms with E-state index in [0.717, 1.165) is 11.4 Å². The fraction of sp³-hybridized carbons (Fsp3) is 0.214. The number of anilines is 1. The molecule has 0 saturated heterocycles. The van der Waals surface area contributed by atoms with Gasteiger partial charge < -0.3 is 10.0 Å². The van der Waals surface area contributed by atoms with Crippen LogP contribution < -0.4 is 4.90 Å². The Bertz CT molecular complexity index is 602. The summed E-state index contributed by atoms with van der Waals surface area (Å²) in [6.07, 6.45) is 1.71. The molecule has 0 amide bonds. The molecule has 0 aliphatic heterocycles. The van der Waals surface area contributed by atoms with Gasteiger partial charge in [0.15, 0.2) is 0 Å². The lowest BCUT2D eigenvalue weighted by molar-refractivity contribution is -0.384. The van der Waals surface area contributed by atoms with Crippen molar-refractivity contribution in [3.8, 4) is 0 Å². The second-order valence-electron chi connectivity index (χ2n) is 4.41. The zero-order valence-electron chi connectivity index (χ0n) is 11.1. The summed E-state index contributed by atoms with van der Waals surface area (Å²) < 4.78 is 0. The van der Waals surface area contributed by atoms with Crippen molar-refractivity contribution in [1.29, 1.82) is 0 Å². The van der Waals surface area contributed by atoms with Crippen LogP contribution >= 0.6 is 0 Å². The number of aliphatic hydroxyl groups is 1. The smallest absolute Gasteiger partial charge is 0.269 e. The summed E-state index contributed by atoms with van der Waals surface area (Å²) in [6.45, 7) is 0.315. The molecule has 2 aromatic rings. The summed E-state index contributed by atoms with van der Waals surface area (Å²) in [4.78, 5) is 16.4. The number of hydrogen-bond donors (Lipinski definition) is 1. The lowest BCUT2D eigenvalue weighted by Crippen LogP contribution is -2.18. The van der Waals surface area contributed by atoms with Crippen molar-refractivity contribution in [1.82, 2.24) is 4.98 Å². The molecular formula is C14H15N3O3. The molecule has 0 bridgehead atoms. The van der Waals surface area contributed by atoms with Crippen LogP contribution in [-0.4, -0.2) is 22.1 Å². The molecule has 0 unspecified atom stereocenters. The van der Waals surface area contributed by atoms with Gasteiger partial charge in [0.05, 0.1) is 23.8 Å². The van der Waals surface area contributed by atoms with Crippen LogP contribution in [-0.2, 0) is 13.2 Å². The molecule has 0 radical (unpaired) electrons. The van der Waals surface area contributed by atoms with E-state index in [9.17, 15) is 15.2 Å². The summed E-state index contributed by atoms with van der Waals surface area (Å²) in [7, 11) is 1.86. The van der Waals surface area contributed by atoms with Crippen LogP contribution in [0, 0.1) is 10.1 Å². The van der Waals surface area contributed by atoms with E-state index in [-0.39, 0.29) is 12.3 Å². The highest BCUT2D eigenvalue weighted by molar-refractivity contribution is 5.57. The Morgan fingerprint density at radius 1 is 1.35 bits per heavy atom. The summed E-state index contributed by atoms with van der Waals surface area (Å²) in [5.41, 5.74) is 2.14. The predicted octanol–water partition coefficient (Wildman–Crippen LogP) is 2.12. The number of non-ortho nitro benzene ring substituents is 1. The summed E-state index contributed by atoms with van der Waals surface area (Å²) in [5, 5.41) is 20.1. The third kappa shape index (κ3) is 3.10. The minimum Gasteiger partial charge on any atom is -0.392 e. The monoisotopic (exact) mass is 273 g/mol. The third-order valence-electron chi connectivity index (χ3n) is 2.98. The maximum atomic E-state index is 10.7. The number of nitrogens with zero attached hydrogens (tertiary/aromatic N) is 3. The fourth-order valence-corrected chi connectivity index (χ4v) is 2.00. The molecule has 2 rings (SSSR count). The number of benzene rings is 1. The van der Waals surface area contributed by atoms with Gasteiger partial charge in [-0.3, -0.25) is 15.1 Å². The van der Waals surface area contributed by atoms with Crippen LogP contribution in [0.25, 0.3) is 0 Å². The van der Waals surface area contributed by atoms with Crippen molar-refractivity contribution >= 4 is 11.4 Å². The second-order valence-corrected chi connectivity index (χ2v) is 4.41. The van der Waals surface area contributed by atoms with Crippen LogP contribution in [0.5, 0.6) is 0 Å². The molecule has 1 aromatic heterocycles. The second kappa shape index (κ2) is 6.12. The van der Waals surface area contributed by atoms with Gasteiger partial charge in [-0.2, -0.15) is 0 Å². The lowest BCUT2D eigenvalue weighted by atomic mass is 10.1. The van der Waals surface area contributed by atoms with E-state index >= 15 is 0 Å². The van der Waals surface area contributed by atoms with Gasteiger partial charge in [-0.1, -0.05) is 6.07 Å². The Morgan fingerprint density at radius 3 is 2.75 bits per heavy atom. The highest BCUT2D eigenvalue weighted by Gasteiger charge is 2.13. The molecular weight excluding hydrogens is 258 g/mol. The van der Waals surface area contributed by atoms with E-state index in [4.69, 9.17) is 0 Å². The van der Waals surface area contributed by atoms with Crippen molar-refractivity contribution in [2.45, 2.75) is 13.2 Å². The number of nitro groups is 1. The molecule has 0 atom stereocenters. The maximum Gasteiger partial charge on any atom is 0.269 e. The normalized spacial score (nSPS) is 10.3. The largest absolute Gasteiger partial charge is 0.392 e. The first-order chi connectivity index (χ1) is 9.61. The van der Waals surface area contributed by atoms with Crippen molar-refractivity contribution in [2.24, 2.45) is 0 Å². The number of nitro benzene ring substituents is 1. The SMILES string of the molecule is CN(Cc1ccccn1)c1ccc([N+](=O)[O-])cc1CO. The minimum absolute atomic E-state index is 0.0240. The van der Waals surface area contributed by atoms with Crippen molar-refractivity contribution in [2.75, 3.05) is 11.9 Å². The van der Waals surface area contributed by atoms with Crippen molar-refractivity contribution < 1.29 is 10.0 Å². The molecule has 6 nitrogen and oxygen atoms in total. The molecule has 0 spiro atoms. The summed E-state index contributed by atoms with van der Waals surface area (Å²) >= 11 is 0. The molecule has 0 aliphatic rings. The van der Waals surface area contributed by atoms with Gasteiger partial charge in [-0.15, -0.1) is 0 Å². The molecule has 0 aliphatic carbocycles. The van der Waals surface area contributed by atoms with Gasteiger partial charge in [-0.05, 0) is 18.2 Å². The number of pyridine rings is 1. The van der Waals surface area contributed by atoms with Gasteiger partial charge >= 0.3 is 0 Å². The van der Waals surface area contributed by atoms with Crippen LogP contribution in [0.1, 0.15) is 11.3 Å². The van der Waals surface area contributed by atoms with E-state index < -0.39 is 4.92 Å². The average Bonchev–Trinajstić information content (AvgIpc) is 2.47.